The van der Waals surface area contributed by atoms with Gasteiger partial charge in [-0.05, 0) is 13.0 Å². The van der Waals surface area contributed by atoms with Gasteiger partial charge in [0.05, 0.1) is 6.54 Å². The number of likely N-dealkylation sites (tertiary alicyclic amines) is 1. The highest BCUT2D eigenvalue weighted by atomic mass is 16.4. The Morgan fingerprint density at radius 3 is 2.40 bits per heavy atom. The molecule has 7 nitrogen and oxygen atoms in total. The molecule has 7 heteroatoms. The number of furan rings is 1. The number of aryl methyl sites for hydroxylation is 1. The molecule has 3 N–H and O–H groups in total. The number of imide groups is 1. The van der Waals surface area contributed by atoms with E-state index < -0.39 is 5.91 Å². The molecule has 0 radical (unpaired) electrons. The lowest BCUT2D eigenvalue weighted by Gasteiger charge is -2.12. The van der Waals surface area contributed by atoms with Gasteiger partial charge in [0.25, 0.3) is 0 Å². The number of amides is 3. The monoisotopic (exact) mass is 279 g/mol. The van der Waals surface area contributed by atoms with Crippen LogP contribution < -0.4 is 11.3 Å². The Hall–Kier alpha value is -2.15. The van der Waals surface area contributed by atoms with E-state index >= 15 is 0 Å². The molecule has 1 aromatic heterocycles. The summed E-state index contributed by atoms with van der Waals surface area (Å²) >= 11 is 0. The molecular formula is C13H17N3O4. The van der Waals surface area contributed by atoms with E-state index in [9.17, 15) is 14.4 Å². The maximum Gasteiger partial charge on any atom is 0.301 e. The second-order valence-electron chi connectivity index (χ2n) is 5.04. The van der Waals surface area contributed by atoms with Gasteiger partial charge in [0.15, 0.2) is 5.76 Å². The Bertz CT molecular complexity index is 558. The van der Waals surface area contributed by atoms with Crippen LogP contribution >= 0.6 is 0 Å². The van der Waals surface area contributed by atoms with Crippen LogP contribution in [0.4, 0.5) is 0 Å². The third kappa shape index (κ3) is 2.20. The molecule has 0 bridgehead atoms. The van der Waals surface area contributed by atoms with Gasteiger partial charge in [-0.3, -0.25) is 24.7 Å². The number of nitrogens with two attached hydrogens (primary N) is 1. The summed E-state index contributed by atoms with van der Waals surface area (Å²) < 4.78 is 5.36. The maximum absolute atomic E-state index is 12.0. The van der Waals surface area contributed by atoms with E-state index in [1.165, 1.54) is 0 Å². The Kier molecular flexibility index (Phi) is 3.63. The number of hydrazine groups is 1. The van der Waals surface area contributed by atoms with Crippen molar-refractivity contribution in [2.75, 3.05) is 0 Å². The number of nitrogen functional groups attached to an aromatic ring is 1. The van der Waals surface area contributed by atoms with Crippen molar-refractivity contribution in [2.45, 2.75) is 27.3 Å². The summed E-state index contributed by atoms with van der Waals surface area (Å²) in [6.07, 6.45) is 0. The molecule has 1 aromatic rings. The highest BCUT2D eigenvalue weighted by molar-refractivity contribution is 6.04. The minimum absolute atomic E-state index is 0.0328. The summed E-state index contributed by atoms with van der Waals surface area (Å²) in [5.74, 6) is 3.87. The Morgan fingerprint density at radius 1 is 1.35 bits per heavy atom. The average molecular weight is 279 g/mol. The second-order valence-corrected chi connectivity index (χ2v) is 5.04. The minimum atomic E-state index is -0.547. The molecule has 2 unspecified atom stereocenters. The first-order valence-electron chi connectivity index (χ1n) is 6.32. The van der Waals surface area contributed by atoms with Crippen LogP contribution in [0.1, 0.15) is 35.7 Å². The normalized spacial score (nSPS) is 22.5. The first-order chi connectivity index (χ1) is 9.36. The lowest BCUT2D eigenvalue weighted by atomic mass is 10.00. The average Bonchev–Trinajstić information content (AvgIpc) is 2.88. The molecule has 1 aliphatic heterocycles. The molecule has 3 amide bonds. The standard InChI is InChI=1S/C13H17N3O4/c1-6-4-9(20-10(6)11(17)15-14)5-16-12(18)7(2)8(3)13(16)19/h4,7-8H,5,14H2,1-3H3,(H,15,17). The van der Waals surface area contributed by atoms with Crippen LogP contribution in [0.5, 0.6) is 0 Å². The molecule has 0 saturated carbocycles. The topological polar surface area (TPSA) is 106 Å². The Balaban J connectivity index is 2.21. The van der Waals surface area contributed by atoms with Crippen LogP contribution in [0.2, 0.25) is 0 Å². The van der Waals surface area contributed by atoms with Crippen molar-refractivity contribution in [2.24, 2.45) is 17.7 Å². The van der Waals surface area contributed by atoms with E-state index in [-0.39, 0.29) is 36.0 Å². The predicted octanol–water partition coefficient (Wildman–Crippen LogP) is 0.333. The van der Waals surface area contributed by atoms with Crippen LogP contribution in [0.25, 0.3) is 0 Å². The van der Waals surface area contributed by atoms with E-state index in [1.54, 1.807) is 26.8 Å². The van der Waals surface area contributed by atoms with Gasteiger partial charge in [0.2, 0.25) is 11.8 Å². The number of hydrogen-bond acceptors (Lipinski definition) is 5. The molecular weight excluding hydrogens is 262 g/mol. The molecule has 0 aromatic carbocycles. The molecule has 1 saturated heterocycles. The lowest BCUT2D eigenvalue weighted by molar-refractivity contribution is -0.140. The highest BCUT2D eigenvalue weighted by Gasteiger charge is 2.42. The summed E-state index contributed by atoms with van der Waals surface area (Å²) in [5.41, 5.74) is 2.58. The number of hydrogen-bond donors (Lipinski definition) is 2. The summed E-state index contributed by atoms with van der Waals surface area (Å²) in [4.78, 5) is 36.6. The van der Waals surface area contributed by atoms with Crippen molar-refractivity contribution in [1.29, 1.82) is 0 Å². The third-order valence-electron chi connectivity index (χ3n) is 3.68. The third-order valence-corrected chi connectivity index (χ3v) is 3.68. The fourth-order valence-electron chi connectivity index (χ4n) is 2.26. The highest BCUT2D eigenvalue weighted by Crippen LogP contribution is 2.27. The van der Waals surface area contributed by atoms with Gasteiger partial charge in [0, 0.05) is 17.4 Å². The quantitative estimate of drug-likeness (QED) is 0.359. The van der Waals surface area contributed by atoms with Crippen molar-refractivity contribution < 1.29 is 18.8 Å². The van der Waals surface area contributed by atoms with Crippen molar-refractivity contribution in [3.63, 3.8) is 0 Å². The minimum Gasteiger partial charge on any atom is -0.454 e. The molecule has 0 aliphatic carbocycles. The van der Waals surface area contributed by atoms with Crippen LogP contribution in [0.3, 0.4) is 0 Å². The smallest absolute Gasteiger partial charge is 0.301 e. The van der Waals surface area contributed by atoms with E-state index in [2.05, 4.69) is 0 Å². The number of carbonyl (C=O) groups is 3. The molecule has 1 fully saturated rings. The van der Waals surface area contributed by atoms with Crippen molar-refractivity contribution in [3.8, 4) is 0 Å². The molecule has 20 heavy (non-hydrogen) atoms. The van der Waals surface area contributed by atoms with Gasteiger partial charge >= 0.3 is 5.91 Å². The van der Waals surface area contributed by atoms with Gasteiger partial charge in [-0.2, -0.15) is 0 Å². The van der Waals surface area contributed by atoms with E-state index in [0.29, 0.717) is 11.3 Å². The largest absolute Gasteiger partial charge is 0.454 e. The molecule has 2 heterocycles. The number of rotatable bonds is 3. The zero-order valence-electron chi connectivity index (χ0n) is 11.6. The first-order valence-corrected chi connectivity index (χ1v) is 6.32. The fraction of sp³-hybridized carbons (Fsp3) is 0.462. The van der Waals surface area contributed by atoms with Gasteiger partial charge in [0.1, 0.15) is 5.76 Å². The van der Waals surface area contributed by atoms with Crippen LogP contribution in [-0.4, -0.2) is 22.6 Å². The number of nitrogens with zero attached hydrogens (tertiary/aromatic N) is 1. The van der Waals surface area contributed by atoms with Crippen molar-refractivity contribution in [1.82, 2.24) is 10.3 Å². The molecule has 1 aliphatic rings. The first kappa shape index (κ1) is 14.3. The van der Waals surface area contributed by atoms with Gasteiger partial charge in [-0.1, -0.05) is 13.8 Å². The van der Waals surface area contributed by atoms with Crippen molar-refractivity contribution in [3.05, 3.63) is 23.2 Å². The number of nitrogens with one attached hydrogen (secondary N) is 1. The Morgan fingerprint density at radius 2 is 1.90 bits per heavy atom. The fourth-order valence-corrected chi connectivity index (χ4v) is 2.26. The SMILES string of the molecule is Cc1cc(CN2C(=O)C(C)C(C)C2=O)oc1C(=O)NN. The van der Waals surface area contributed by atoms with Crippen molar-refractivity contribution >= 4 is 17.7 Å². The number of carbonyl (C=O) groups excluding carboxylic acids is 3. The summed E-state index contributed by atoms with van der Waals surface area (Å²) in [5, 5.41) is 0. The zero-order valence-corrected chi connectivity index (χ0v) is 11.6. The van der Waals surface area contributed by atoms with E-state index in [1.807, 2.05) is 5.43 Å². The van der Waals surface area contributed by atoms with Gasteiger partial charge in [-0.25, -0.2) is 5.84 Å². The Labute approximate surface area is 116 Å². The summed E-state index contributed by atoms with van der Waals surface area (Å²) in [6.45, 7) is 5.18. The van der Waals surface area contributed by atoms with Crippen LogP contribution in [0, 0.1) is 18.8 Å². The zero-order chi connectivity index (χ0) is 15.0. The predicted molar refractivity (Wildman–Crippen MR) is 69.0 cm³/mol. The van der Waals surface area contributed by atoms with Gasteiger partial charge in [-0.15, -0.1) is 0 Å². The molecule has 2 atom stereocenters. The summed E-state index contributed by atoms with van der Waals surface area (Å²) in [7, 11) is 0. The van der Waals surface area contributed by atoms with E-state index in [0.717, 1.165) is 4.90 Å². The lowest BCUT2D eigenvalue weighted by Crippen LogP contribution is -2.30. The van der Waals surface area contributed by atoms with E-state index in [4.69, 9.17) is 10.3 Å². The van der Waals surface area contributed by atoms with Crippen LogP contribution in [-0.2, 0) is 16.1 Å². The molecule has 2 rings (SSSR count). The molecule has 108 valence electrons. The van der Waals surface area contributed by atoms with Crippen LogP contribution in [0.15, 0.2) is 10.5 Å². The van der Waals surface area contributed by atoms with Gasteiger partial charge < -0.3 is 4.42 Å². The second kappa shape index (κ2) is 5.09. The maximum atomic E-state index is 12.0. The molecule has 0 spiro atoms. The summed E-state index contributed by atoms with van der Waals surface area (Å²) in [6, 6.07) is 1.62.